The molecule has 0 saturated carbocycles. The number of anilines is 1. The van der Waals surface area contributed by atoms with Crippen molar-refractivity contribution in [2.24, 2.45) is 0 Å². The Labute approximate surface area is 105 Å². The number of amides is 1. The molecule has 2 heterocycles. The monoisotopic (exact) mass is 270 g/mol. The van der Waals surface area contributed by atoms with E-state index in [0.29, 0.717) is 23.5 Å². The van der Waals surface area contributed by atoms with Gasteiger partial charge < -0.3 is 25.1 Å². The fourth-order valence-corrected chi connectivity index (χ4v) is 2.86. The summed E-state index contributed by atoms with van der Waals surface area (Å²) in [6.45, 7) is 0.638. The molecule has 0 saturated heterocycles. The Kier molecular flexibility index (Phi) is 3.30. The molecule has 1 aromatic heterocycles. The number of fused-ring (bicyclic) bond motifs is 1. The van der Waals surface area contributed by atoms with Gasteiger partial charge in [0.1, 0.15) is 5.00 Å². The Balaban J connectivity index is 2.40. The minimum absolute atomic E-state index is 0.0158. The third-order valence-electron chi connectivity index (χ3n) is 2.45. The summed E-state index contributed by atoms with van der Waals surface area (Å²) < 4.78 is 5.16. The van der Waals surface area contributed by atoms with E-state index in [1.807, 2.05) is 0 Å². The molecule has 1 aromatic rings. The lowest BCUT2D eigenvalue weighted by Gasteiger charge is -2.14. The van der Waals surface area contributed by atoms with Crippen molar-refractivity contribution in [2.45, 2.75) is 13.0 Å². The Bertz CT molecular complexity index is 535. The second-order valence-corrected chi connectivity index (χ2v) is 4.66. The van der Waals surface area contributed by atoms with Gasteiger partial charge in [0.15, 0.2) is 0 Å². The summed E-state index contributed by atoms with van der Waals surface area (Å²) in [6, 6.07) is 0. The number of hydrogen-bond donors (Lipinski definition) is 2. The van der Waals surface area contributed by atoms with Crippen molar-refractivity contribution in [3.63, 3.8) is 0 Å². The molecule has 0 unspecified atom stereocenters. The van der Waals surface area contributed by atoms with E-state index in [2.05, 4.69) is 5.32 Å². The van der Waals surface area contributed by atoms with Gasteiger partial charge in [0.2, 0.25) is 0 Å². The molecule has 8 heteroatoms. The molecule has 1 amide bonds. The van der Waals surface area contributed by atoms with Gasteiger partial charge in [-0.3, -0.25) is 4.79 Å². The first-order chi connectivity index (χ1) is 8.50. The lowest BCUT2D eigenvalue weighted by Crippen LogP contribution is -2.27. The number of thiophene rings is 1. The molecule has 18 heavy (non-hydrogen) atoms. The molecule has 0 atom stereocenters. The van der Waals surface area contributed by atoms with Crippen LogP contribution in [0.5, 0.6) is 0 Å². The first kappa shape index (κ1) is 12.5. The van der Waals surface area contributed by atoms with Crippen LogP contribution in [-0.4, -0.2) is 29.6 Å². The maximum atomic E-state index is 11.1. The maximum Gasteiger partial charge on any atom is 0.394 e. The topological polar surface area (TPSA) is 116 Å². The van der Waals surface area contributed by atoms with Crippen LogP contribution < -0.4 is 10.4 Å². The van der Waals surface area contributed by atoms with Gasteiger partial charge >= 0.3 is 11.9 Å². The van der Waals surface area contributed by atoms with Gasteiger partial charge in [-0.2, -0.15) is 0 Å². The summed E-state index contributed by atoms with van der Waals surface area (Å²) in [6.07, 6.45) is 0.401. The second-order valence-electron chi connectivity index (χ2n) is 3.56. The highest BCUT2D eigenvalue weighted by atomic mass is 32.1. The van der Waals surface area contributed by atoms with Gasteiger partial charge in [-0.05, 0) is 12.0 Å². The Morgan fingerprint density at radius 1 is 1.39 bits per heavy atom. The number of carboxylic acids is 2. The lowest BCUT2D eigenvalue weighted by molar-refractivity contribution is -0.255. The summed E-state index contributed by atoms with van der Waals surface area (Å²) in [5, 5.41) is 21.6. The van der Waals surface area contributed by atoms with Crippen LogP contribution in [-0.2, 0) is 27.4 Å². The van der Waals surface area contributed by atoms with Gasteiger partial charge in [-0.15, -0.1) is 11.3 Å². The molecule has 1 aliphatic heterocycles. The van der Waals surface area contributed by atoms with Crippen molar-refractivity contribution in [3.05, 3.63) is 16.0 Å². The Morgan fingerprint density at radius 2 is 2.11 bits per heavy atom. The van der Waals surface area contributed by atoms with Crippen molar-refractivity contribution in [2.75, 3.05) is 11.9 Å². The number of nitrogens with one attached hydrogen (secondary N) is 1. The third-order valence-corrected chi connectivity index (χ3v) is 3.57. The first-order valence-corrected chi connectivity index (χ1v) is 5.80. The van der Waals surface area contributed by atoms with E-state index in [-0.39, 0.29) is 17.2 Å². The maximum absolute atomic E-state index is 11.1. The highest BCUT2D eigenvalue weighted by Gasteiger charge is 2.24. The van der Waals surface area contributed by atoms with Gasteiger partial charge in [-0.25, -0.2) is 4.79 Å². The predicted molar refractivity (Wildman–Crippen MR) is 58.3 cm³/mol. The number of hydrogen-bond acceptors (Lipinski definition) is 6. The second kappa shape index (κ2) is 4.75. The van der Waals surface area contributed by atoms with E-state index in [4.69, 9.17) is 9.84 Å². The van der Waals surface area contributed by atoms with Crippen molar-refractivity contribution in [1.29, 1.82) is 0 Å². The van der Waals surface area contributed by atoms with E-state index in [1.165, 1.54) is 0 Å². The molecule has 96 valence electrons. The third kappa shape index (κ3) is 2.20. The normalized spacial score (nSPS) is 13.8. The molecule has 0 spiro atoms. The lowest BCUT2D eigenvalue weighted by atomic mass is 10.1. The van der Waals surface area contributed by atoms with Crippen LogP contribution in [0.25, 0.3) is 0 Å². The van der Waals surface area contributed by atoms with E-state index in [9.17, 15) is 19.5 Å². The van der Waals surface area contributed by atoms with Gasteiger partial charge in [0.05, 0.1) is 19.2 Å². The molecule has 0 radical (unpaired) electrons. The van der Waals surface area contributed by atoms with Crippen LogP contribution >= 0.6 is 11.3 Å². The summed E-state index contributed by atoms with van der Waals surface area (Å²) in [7, 11) is 0. The molecular weight excluding hydrogens is 262 g/mol. The minimum atomic E-state index is -1.68. The van der Waals surface area contributed by atoms with E-state index < -0.39 is 17.8 Å². The Morgan fingerprint density at radius 3 is 2.72 bits per heavy atom. The molecule has 7 nitrogen and oxygen atoms in total. The van der Waals surface area contributed by atoms with Gasteiger partial charge in [0, 0.05) is 10.4 Å². The zero-order valence-electron chi connectivity index (χ0n) is 9.02. The number of aliphatic carboxylic acids is 1. The van der Waals surface area contributed by atoms with Crippen LogP contribution in [0.1, 0.15) is 20.8 Å². The average molecular weight is 270 g/mol. The van der Waals surface area contributed by atoms with Crippen LogP contribution in [0.4, 0.5) is 5.00 Å². The van der Waals surface area contributed by atoms with Crippen molar-refractivity contribution in [1.82, 2.24) is 0 Å². The molecule has 0 fully saturated rings. The highest BCUT2D eigenvalue weighted by molar-refractivity contribution is 7.17. The largest absolute Gasteiger partial charge is 0.545 e. The molecule has 2 rings (SSSR count). The number of rotatable bonds is 2. The fourth-order valence-electron chi connectivity index (χ4n) is 1.69. The minimum Gasteiger partial charge on any atom is -0.545 e. The summed E-state index contributed by atoms with van der Waals surface area (Å²) >= 11 is 0.995. The smallest absolute Gasteiger partial charge is 0.394 e. The quantitative estimate of drug-likeness (QED) is 0.680. The van der Waals surface area contributed by atoms with Crippen molar-refractivity contribution < 1.29 is 29.3 Å². The summed E-state index contributed by atoms with van der Waals surface area (Å²) in [5.41, 5.74) is 0.403. The predicted octanol–water partition coefficient (Wildman–Crippen LogP) is -0.793. The molecule has 0 bridgehead atoms. The molecule has 2 N–H and O–H groups in total. The molecule has 0 aromatic carbocycles. The van der Waals surface area contributed by atoms with E-state index in [1.54, 1.807) is 0 Å². The molecule has 0 aliphatic carbocycles. The highest BCUT2D eigenvalue weighted by Crippen LogP contribution is 2.36. The molecule has 1 aliphatic rings. The number of ether oxygens (including phenoxy) is 1. The standard InChI is InChI=1S/C10H9NO6S/c12-7(10(15)16)11-8-6(9(13)14)4-1-2-17-3-5(4)18-8/h1-3H2,(H,11,12)(H,13,14)(H,15,16)/p-1. The molecular formula is C10H8NO6S-. The SMILES string of the molecule is O=C(O)C(=O)Nc1sc2c(c1C(=O)[O-])CCOC2. The van der Waals surface area contributed by atoms with Crippen molar-refractivity contribution >= 4 is 34.2 Å². The van der Waals surface area contributed by atoms with Crippen LogP contribution in [0.3, 0.4) is 0 Å². The first-order valence-electron chi connectivity index (χ1n) is 4.98. The van der Waals surface area contributed by atoms with Gasteiger partial charge in [-0.1, -0.05) is 0 Å². The zero-order valence-corrected chi connectivity index (χ0v) is 9.83. The van der Waals surface area contributed by atoms with Crippen LogP contribution in [0, 0.1) is 0 Å². The number of carbonyl (C=O) groups is 3. The zero-order chi connectivity index (χ0) is 13.3. The summed E-state index contributed by atoms with van der Waals surface area (Å²) in [5.74, 6) is -4.39. The fraction of sp³-hybridized carbons (Fsp3) is 0.300. The Hall–Kier alpha value is -1.93. The summed E-state index contributed by atoms with van der Waals surface area (Å²) in [4.78, 5) is 33.2. The van der Waals surface area contributed by atoms with Gasteiger partial charge in [0.25, 0.3) is 0 Å². The van der Waals surface area contributed by atoms with Crippen LogP contribution in [0.2, 0.25) is 0 Å². The number of aromatic carboxylic acids is 1. The van der Waals surface area contributed by atoms with Crippen molar-refractivity contribution in [3.8, 4) is 0 Å². The van der Waals surface area contributed by atoms with E-state index >= 15 is 0 Å². The van der Waals surface area contributed by atoms with Crippen LogP contribution in [0.15, 0.2) is 0 Å². The number of carbonyl (C=O) groups excluding carboxylic acids is 2. The average Bonchev–Trinajstić information content (AvgIpc) is 2.66. The van der Waals surface area contributed by atoms with E-state index in [0.717, 1.165) is 11.3 Å². The number of carboxylic acid groups (broad SMARTS) is 2.